The van der Waals surface area contributed by atoms with Gasteiger partial charge in [-0.1, -0.05) is 42.0 Å². The first-order chi connectivity index (χ1) is 12.5. The second kappa shape index (κ2) is 7.68. The first-order valence-electron chi connectivity index (χ1n) is 8.86. The number of hydrogen-bond acceptors (Lipinski definition) is 2. The van der Waals surface area contributed by atoms with Crippen molar-refractivity contribution in [3.05, 3.63) is 71.0 Å². The van der Waals surface area contributed by atoms with Crippen LogP contribution in [0.1, 0.15) is 29.5 Å². The molecule has 0 bridgehead atoms. The predicted octanol–water partition coefficient (Wildman–Crippen LogP) is 2.89. The maximum absolute atomic E-state index is 12.9. The molecule has 1 saturated carbocycles. The van der Waals surface area contributed by atoms with Gasteiger partial charge >= 0.3 is 0 Å². The Morgan fingerprint density at radius 1 is 0.923 bits per heavy atom. The van der Waals surface area contributed by atoms with E-state index in [-0.39, 0.29) is 17.6 Å². The Kier molecular flexibility index (Phi) is 5.35. The highest BCUT2D eigenvalue weighted by molar-refractivity contribution is 6.07. The largest absolute Gasteiger partial charge is 0.355 e. The zero-order valence-electron chi connectivity index (χ0n) is 14.8. The van der Waals surface area contributed by atoms with Gasteiger partial charge in [0.15, 0.2) is 0 Å². The van der Waals surface area contributed by atoms with Crippen LogP contribution in [0.3, 0.4) is 0 Å². The topological polar surface area (TPSA) is 58.2 Å². The highest BCUT2D eigenvalue weighted by Gasteiger charge is 2.56. The third-order valence-electron chi connectivity index (χ3n) is 4.81. The summed E-state index contributed by atoms with van der Waals surface area (Å²) < 4.78 is 12.9. The molecule has 1 aliphatic carbocycles. The maximum atomic E-state index is 12.9. The summed E-state index contributed by atoms with van der Waals surface area (Å²) in [4.78, 5) is 24.9. The Morgan fingerprint density at radius 3 is 2.12 bits per heavy atom. The van der Waals surface area contributed by atoms with Gasteiger partial charge in [-0.25, -0.2) is 4.39 Å². The average molecular weight is 354 g/mol. The van der Waals surface area contributed by atoms with Crippen molar-refractivity contribution >= 4 is 11.8 Å². The smallest absolute Gasteiger partial charge is 0.235 e. The SMILES string of the molecule is Cc1ccc(CNC(=O)C2(C(=O)NCCc3ccc(F)cc3)CC2)cc1. The van der Waals surface area contributed by atoms with E-state index in [9.17, 15) is 14.0 Å². The zero-order chi connectivity index (χ0) is 18.6. The molecule has 0 spiro atoms. The van der Waals surface area contributed by atoms with E-state index in [0.717, 1.165) is 11.1 Å². The molecule has 2 N–H and O–H groups in total. The van der Waals surface area contributed by atoms with Crippen molar-refractivity contribution in [3.8, 4) is 0 Å². The summed E-state index contributed by atoms with van der Waals surface area (Å²) in [5, 5.41) is 5.72. The van der Waals surface area contributed by atoms with Crippen molar-refractivity contribution < 1.29 is 14.0 Å². The van der Waals surface area contributed by atoms with Gasteiger partial charge in [0.1, 0.15) is 11.2 Å². The van der Waals surface area contributed by atoms with E-state index >= 15 is 0 Å². The molecule has 2 aromatic carbocycles. The molecule has 3 rings (SSSR count). The normalized spacial score (nSPS) is 14.5. The first-order valence-corrected chi connectivity index (χ1v) is 8.86. The third-order valence-corrected chi connectivity index (χ3v) is 4.81. The van der Waals surface area contributed by atoms with E-state index < -0.39 is 5.41 Å². The quantitative estimate of drug-likeness (QED) is 0.751. The number of hydrogen-bond donors (Lipinski definition) is 2. The zero-order valence-corrected chi connectivity index (χ0v) is 14.8. The van der Waals surface area contributed by atoms with Crippen LogP contribution in [-0.4, -0.2) is 18.4 Å². The molecule has 0 atom stereocenters. The minimum absolute atomic E-state index is 0.211. The summed E-state index contributed by atoms with van der Waals surface area (Å²) in [6.07, 6.45) is 1.76. The second-order valence-corrected chi connectivity index (χ2v) is 6.88. The standard InChI is InChI=1S/C21H23FN2O2/c1-15-2-4-17(5-3-15)14-24-20(26)21(11-12-21)19(25)23-13-10-16-6-8-18(22)9-7-16/h2-9H,10-14H2,1H3,(H,23,25)(H,24,26). The van der Waals surface area contributed by atoms with Crippen LogP contribution in [0.2, 0.25) is 0 Å². The Bertz CT molecular complexity index is 781. The number of aryl methyl sites for hydroxylation is 1. The van der Waals surface area contributed by atoms with Gasteiger partial charge in [0.25, 0.3) is 0 Å². The van der Waals surface area contributed by atoms with Gasteiger partial charge < -0.3 is 10.6 Å². The third kappa shape index (κ3) is 4.28. The molecule has 0 radical (unpaired) electrons. The minimum Gasteiger partial charge on any atom is -0.355 e. The molecule has 26 heavy (non-hydrogen) atoms. The maximum Gasteiger partial charge on any atom is 0.235 e. The fourth-order valence-corrected chi connectivity index (χ4v) is 2.88. The molecule has 0 heterocycles. The summed E-state index contributed by atoms with van der Waals surface area (Å²) in [5.74, 6) is -0.710. The van der Waals surface area contributed by atoms with Crippen molar-refractivity contribution in [2.45, 2.75) is 32.7 Å². The Balaban J connectivity index is 1.47. The van der Waals surface area contributed by atoms with Crippen LogP contribution < -0.4 is 10.6 Å². The molecule has 2 aromatic rings. The van der Waals surface area contributed by atoms with Gasteiger partial charge in [-0.2, -0.15) is 0 Å². The predicted molar refractivity (Wildman–Crippen MR) is 97.8 cm³/mol. The summed E-state index contributed by atoms with van der Waals surface area (Å²) in [6.45, 7) is 2.86. The number of nitrogens with one attached hydrogen (secondary N) is 2. The van der Waals surface area contributed by atoms with Crippen LogP contribution in [0, 0.1) is 18.2 Å². The molecule has 5 heteroatoms. The minimum atomic E-state index is -0.923. The number of rotatable bonds is 7. The van der Waals surface area contributed by atoms with E-state index in [2.05, 4.69) is 10.6 Å². The molecule has 2 amide bonds. The fourth-order valence-electron chi connectivity index (χ4n) is 2.88. The lowest BCUT2D eigenvalue weighted by atomic mass is 10.0. The summed E-state index contributed by atoms with van der Waals surface area (Å²) in [5.41, 5.74) is 2.20. The fraction of sp³-hybridized carbons (Fsp3) is 0.333. The number of amides is 2. The molecule has 1 fully saturated rings. The van der Waals surface area contributed by atoms with Crippen molar-refractivity contribution in [2.75, 3.05) is 6.54 Å². The van der Waals surface area contributed by atoms with Crippen LogP contribution in [-0.2, 0) is 22.6 Å². The van der Waals surface area contributed by atoms with Gasteiger partial charge in [0.2, 0.25) is 11.8 Å². The Hall–Kier alpha value is -2.69. The van der Waals surface area contributed by atoms with Crippen molar-refractivity contribution in [1.29, 1.82) is 0 Å². The van der Waals surface area contributed by atoms with E-state index in [1.807, 2.05) is 31.2 Å². The lowest BCUT2D eigenvalue weighted by molar-refractivity contribution is -0.137. The molecule has 0 aromatic heterocycles. The van der Waals surface area contributed by atoms with Crippen molar-refractivity contribution in [1.82, 2.24) is 10.6 Å². The van der Waals surface area contributed by atoms with Crippen LogP contribution in [0.25, 0.3) is 0 Å². The second-order valence-electron chi connectivity index (χ2n) is 6.88. The molecule has 0 unspecified atom stereocenters. The van der Waals surface area contributed by atoms with E-state index in [4.69, 9.17) is 0 Å². The molecular weight excluding hydrogens is 331 g/mol. The first kappa shape index (κ1) is 18.1. The van der Waals surface area contributed by atoms with Crippen LogP contribution in [0.4, 0.5) is 4.39 Å². The molecule has 0 saturated heterocycles. The monoisotopic (exact) mass is 354 g/mol. The molecule has 4 nitrogen and oxygen atoms in total. The van der Waals surface area contributed by atoms with Gasteiger partial charge in [-0.05, 0) is 49.4 Å². The summed E-state index contributed by atoms with van der Waals surface area (Å²) in [7, 11) is 0. The van der Waals surface area contributed by atoms with Crippen LogP contribution >= 0.6 is 0 Å². The molecule has 136 valence electrons. The average Bonchev–Trinajstić information content (AvgIpc) is 3.45. The highest BCUT2D eigenvalue weighted by Crippen LogP contribution is 2.46. The number of carbonyl (C=O) groups is 2. The highest BCUT2D eigenvalue weighted by atomic mass is 19.1. The van der Waals surface area contributed by atoms with Crippen LogP contribution in [0.5, 0.6) is 0 Å². The van der Waals surface area contributed by atoms with Gasteiger partial charge in [0, 0.05) is 13.1 Å². The van der Waals surface area contributed by atoms with E-state index in [0.29, 0.717) is 32.4 Å². The number of halogens is 1. The Morgan fingerprint density at radius 2 is 1.50 bits per heavy atom. The summed E-state index contributed by atoms with van der Waals surface area (Å²) in [6, 6.07) is 14.1. The lowest BCUT2D eigenvalue weighted by Gasteiger charge is -2.15. The van der Waals surface area contributed by atoms with Crippen molar-refractivity contribution in [3.63, 3.8) is 0 Å². The molecule has 0 aliphatic heterocycles. The van der Waals surface area contributed by atoms with Gasteiger partial charge in [0.05, 0.1) is 0 Å². The van der Waals surface area contributed by atoms with Crippen LogP contribution in [0.15, 0.2) is 48.5 Å². The van der Waals surface area contributed by atoms with Gasteiger partial charge in [-0.15, -0.1) is 0 Å². The van der Waals surface area contributed by atoms with E-state index in [1.165, 1.54) is 17.7 Å². The Labute approximate surface area is 152 Å². The van der Waals surface area contributed by atoms with Gasteiger partial charge in [-0.3, -0.25) is 9.59 Å². The molecular formula is C21H23FN2O2. The summed E-state index contributed by atoms with van der Waals surface area (Å²) >= 11 is 0. The number of benzene rings is 2. The number of carbonyl (C=O) groups excluding carboxylic acids is 2. The lowest BCUT2D eigenvalue weighted by Crippen LogP contribution is -2.43. The van der Waals surface area contributed by atoms with Crippen molar-refractivity contribution in [2.24, 2.45) is 5.41 Å². The van der Waals surface area contributed by atoms with E-state index in [1.54, 1.807) is 12.1 Å². The molecule has 1 aliphatic rings.